The normalized spacial score (nSPS) is 16.0. The van der Waals surface area contributed by atoms with Crippen LogP contribution in [0.2, 0.25) is 0 Å². The number of carbonyl (C=O) groups is 4. The second-order valence-corrected chi connectivity index (χ2v) is 6.43. The van der Waals surface area contributed by atoms with E-state index in [1.165, 1.54) is 26.4 Å². The van der Waals surface area contributed by atoms with Crippen LogP contribution in [0.25, 0.3) is 0 Å². The van der Waals surface area contributed by atoms with Crippen molar-refractivity contribution in [2.75, 3.05) is 6.61 Å². The third-order valence-electron chi connectivity index (χ3n) is 3.94. The van der Waals surface area contributed by atoms with Gasteiger partial charge in [0.05, 0.1) is 25.1 Å². The van der Waals surface area contributed by atoms with Crippen LogP contribution in [0.5, 0.6) is 0 Å². The minimum Gasteiger partial charge on any atom is -0.480 e. The van der Waals surface area contributed by atoms with Crippen molar-refractivity contribution in [3.05, 3.63) is 18.2 Å². The molecule has 0 aliphatic heterocycles. The van der Waals surface area contributed by atoms with Gasteiger partial charge in [0.25, 0.3) is 0 Å². The van der Waals surface area contributed by atoms with Gasteiger partial charge < -0.3 is 42.0 Å². The van der Waals surface area contributed by atoms with E-state index >= 15 is 0 Å². The second-order valence-electron chi connectivity index (χ2n) is 6.43. The molecule has 0 saturated heterocycles. The highest BCUT2D eigenvalue weighted by molar-refractivity contribution is 5.94. The largest absolute Gasteiger partial charge is 0.480 e. The van der Waals surface area contributed by atoms with Gasteiger partial charge in [-0.1, -0.05) is 0 Å². The molecular weight excluding hydrogens is 388 g/mol. The van der Waals surface area contributed by atoms with E-state index in [1.807, 2.05) is 0 Å². The summed E-state index contributed by atoms with van der Waals surface area (Å²) in [5.74, 6) is -3.94. The molecule has 1 heterocycles. The number of amides is 3. The van der Waals surface area contributed by atoms with Crippen LogP contribution in [0.4, 0.5) is 0 Å². The molecule has 0 aliphatic carbocycles. The monoisotopic (exact) mass is 414 g/mol. The van der Waals surface area contributed by atoms with Crippen molar-refractivity contribution in [2.45, 2.75) is 50.5 Å². The van der Waals surface area contributed by atoms with Gasteiger partial charge >= 0.3 is 5.97 Å². The number of H-pyrrole nitrogens is 1. The number of carboxylic acids is 1. The number of hydrogen-bond acceptors (Lipinski definition) is 8. The maximum atomic E-state index is 12.4. The molecule has 0 aliphatic rings. The number of nitrogens with one attached hydrogen (secondary N) is 4. The molecule has 0 fully saturated rings. The molecule has 0 saturated carbocycles. The summed E-state index contributed by atoms with van der Waals surface area (Å²) in [5.41, 5.74) is 6.38. The highest BCUT2D eigenvalue weighted by atomic mass is 16.4. The molecule has 1 rings (SSSR count). The fourth-order valence-corrected chi connectivity index (χ4v) is 2.22. The SMILES string of the molecule is CC(NC(=O)C(CO)NC(=O)C(NC(=O)C(N)Cc1cnc[nH]1)C(C)O)C(=O)O. The Morgan fingerprint density at radius 1 is 1.14 bits per heavy atom. The first-order chi connectivity index (χ1) is 13.6. The van der Waals surface area contributed by atoms with Crippen LogP contribution in [-0.2, 0) is 25.6 Å². The van der Waals surface area contributed by atoms with Crippen LogP contribution in [0.15, 0.2) is 12.5 Å². The summed E-state index contributed by atoms with van der Waals surface area (Å²) in [5, 5.41) is 34.5. The van der Waals surface area contributed by atoms with E-state index in [-0.39, 0.29) is 6.42 Å². The number of aromatic amines is 1. The zero-order valence-corrected chi connectivity index (χ0v) is 16.0. The topological polar surface area (TPSA) is 220 Å². The minimum atomic E-state index is -1.49. The first-order valence-corrected chi connectivity index (χ1v) is 8.72. The predicted octanol–water partition coefficient (Wildman–Crippen LogP) is -3.79. The van der Waals surface area contributed by atoms with Crippen LogP contribution in [0, 0.1) is 0 Å². The standard InChI is InChI=1S/C16H26N6O7/c1-7(16(28)29)20-14(26)11(5-23)21-15(27)12(8(2)24)22-13(25)10(17)3-9-4-18-6-19-9/h4,6-8,10-12,23-24H,3,5,17H2,1-2H3,(H,18,19)(H,20,26)(H,21,27)(H,22,25)(H,28,29). The average molecular weight is 414 g/mol. The molecule has 5 unspecified atom stereocenters. The van der Waals surface area contributed by atoms with Crippen molar-refractivity contribution in [1.29, 1.82) is 0 Å². The van der Waals surface area contributed by atoms with Gasteiger partial charge in [-0.3, -0.25) is 19.2 Å². The van der Waals surface area contributed by atoms with Crippen molar-refractivity contribution < 1.29 is 34.5 Å². The molecule has 1 aromatic heterocycles. The first-order valence-electron chi connectivity index (χ1n) is 8.72. The summed E-state index contributed by atoms with van der Waals surface area (Å²) in [6, 6.07) is -5.24. The van der Waals surface area contributed by atoms with Gasteiger partial charge in [-0.2, -0.15) is 0 Å². The molecule has 1 aromatic rings. The van der Waals surface area contributed by atoms with Gasteiger partial charge in [-0.15, -0.1) is 0 Å². The van der Waals surface area contributed by atoms with E-state index in [9.17, 15) is 29.4 Å². The van der Waals surface area contributed by atoms with E-state index in [4.69, 9.17) is 10.8 Å². The summed E-state index contributed by atoms with van der Waals surface area (Å²) >= 11 is 0. The summed E-state index contributed by atoms with van der Waals surface area (Å²) < 4.78 is 0. The third-order valence-corrected chi connectivity index (χ3v) is 3.94. The molecule has 29 heavy (non-hydrogen) atoms. The van der Waals surface area contributed by atoms with E-state index in [0.29, 0.717) is 5.69 Å². The fourth-order valence-electron chi connectivity index (χ4n) is 2.22. The quantitative estimate of drug-likeness (QED) is 0.178. The summed E-state index contributed by atoms with van der Waals surface area (Å²) in [4.78, 5) is 54.0. The van der Waals surface area contributed by atoms with Crippen LogP contribution >= 0.6 is 0 Å². The summed E-state index contributed by atoms with van der Waals surface area (Å²) in [7, 11) is 0. The van der Waals surface area contributed by atoms with E-state index < -0.39 is 60.6 Å². The maximum absolute atomic E-state index is 12.4. The van der Waals surface area contributed by atoms with Gasteiger partial charge in [0, 0.05) is 18.3 Å². The zero-order valence-electron chi connectivity index (χ0n) is 16.0. The Labute approximate surface area is 166 Å². The number of aliphatic hydroxyl groups excluding tert-OH is 2. The molecule has 0 aromatic carbocycles. The minimum absolute atomic E-state index is 0.106. The number of rotatable bonds is 11. The first kappa shape index (κ1) is 24.0. The maximum Gasteiger partial charge on any atom is 0.325 e. The molecule has 0 bridgehead atoms. The number of carboxylic acid groups (broad SMARTS) is 1. The van der Waals surface area contributed by atoms with Crippen LogP contribution < -0.4 is 21.7 Å². The Hall–Kier alpha value is -3.03. The third kappa shape index (κ3) is 7.48. The predicted molar refractivity (Wildman–Crippen MR) is 98.1 cm³/mol. The van der Waals surface area contributed by atoms with E-state index in [2.05, 4.69) is 25.9 Å². The Kier molecular flexibility index (Phi) is 9.18. The number of aromatic nitrogens is 2. The molecule has 162 valence electrons. The molecule has 0 spiro atoms. The van der Waals surface area contributed by atoms with E-state index in [1.54, 1.807) is 0 Å². The Morgan fingerprint density at radius 2 is 1.79 bits per heavy atom. The highest BCUT2D eigenvalue weighted by Crippen LogP contribution is 2.00. The number of nitrogens with zero attached hydrogens (tertiary/aromatic N) is 1. The van der Waals surface area contributed by atoms with Gasteiger partial charge in [0.1, 0.15) is 18.1 Å². The van der Waals surface area contributed by atoms with Crippen LogP contribution in [0.3, 0.4) is 0 Å². The van der Waals surface area contributed by atoms with Gasteiger partial charge in [-0.05, 0) is 13.8 Å². The lowest BCUT2D eigenvalue weighted by Gasteiger charge is -2.25. The fraction of sp³-hybridized carbons (Fsp3) is 0.562. The van der Waals surface area contributed by atoms with Crippen molar-refractivity contribution in [2.24, 2.45) is 5.73 Å². The molecule has 5 atom stereocenters. The summed E-state index contributed by atoms with van der Waals surface area (Å²) in [6.07, 6.45) is 1.65. The van der Waals surface area contributed by atoms with Crippen molar-refractivity contribution in [3.8, 4) is 0 Å². The lowest BCUT2D eigenvalue weighted by atomic mass is 10.1. The molecule has 13 nitrogen and oxygen atoms in total. The lowest BCUT2D eigenvalue weighted by Crippen LogP contribution is -2.60. The number of carbonyl (C=O) groups excluding carboxylic acids is 3. The zero-order chi connectivity index (χ0) is 22.1. The smallest absolute Gasteiger partial charge is 0.325 e. The number of aliphatic carboxylic acids is 1. The molecule has 0 radical (unpaired) electrons. The van der Waals surface area contributed by atoms with Crippen LogP contribution in [0.1, 0.15) is 19.5 Å². The number of nitrogens with two attached hydrogens (primary N) is 1. The van der Waals surface area contributed by atoms with Crippen molar-refractivity contribution in [3.63, 3.8) is 0 Å². The summed E-state index contributed by atoms with van der Waals surface area (Å²) in [6.45, 7) is 1.62. The van der Waals surface area contributed by atoms with Crippen molar-refractivity contribution >= 4 is 23.7 Å². The number of hydrogen-bond donors (Lipinski definition) is 8. The van der Waals surface area contributed by atoms with Gasteiger partial charge in [-0.25, -0.2) is 4.98 Å². The van der Waals surface area contributed by atoms with Gasteiger partial charge in [0.2, 0.25) is 17.7 Å². The Morgan fingerprint density at radius 3 is 2.28 bits per heavy atom. The van der Waals surface area contributed by atoms with Crippen LogP contribution in [-0.4, -0.2) is 85.9 Å². The highest BCUT2D eigenvalue weighted by Gasteiger charge is 2.31. The average Bonchev–Trinajstić information content (AvgIpc) is 3.15. The lowest BCUT2D eigenvalue weighted by molar-refractivity contribution is -0.142. The second kappa shape index (κ2) is 11.1. The number of aliphatic hydroxyl groups is 2. The number of imidazole rings is 1. The van der Waals surface area contributed by atoms with Crippen molar-refractivity contribution in [1.82, 2.24) is 25.9 Å². The molecule has 13 heteroatoms. The Balaban J connectivity index is 2.73. The van der Waals surface area contributed by atoms with E-state index in [0.717, 1.165) is 0 Å². The Bertz CT molecular complexity index is 709. The molecule has 9 N–H and O–H groups in total. The van der Waals surface area contributed by atoms with Gasteiger partial charge in [0.15, 0.2) is 0 Å². The molecule has 3 amide bonds. The molecular formula is C16H26N6O7.